The topological polar surface area (TPSA) is 98.5 Å². The van der Waals surface area contributed by atoms with E-state index in [1.807, 2.05) is 37.3 Å². The molecule has 0 saturated heterocycles. The molecule has 136 valence electrons. The molecular formula is C18H18N2O5S. The molecular weight excluding hydrogens is 356 g/mol. The molecule has 2 rings (SSSR count). The normalized spacial score (nSPS) is 11.4. The molecule has 0 fully saturated rings. The molecule has 7 nitrogen and oxygen atoms in total. The first-order chi connectivity index (χ1) is 12.5. The smallest absolute Gasteiger partial charge is 0.316 e. The summed E-state index contributed by atoms with van der Waals surface area (Å²) >= 11 is 1.18. The molecule has 1 N–H and O–H groups in total. The summed E-state index contributed by atoms with van der Waals surface area (Å²) in [6.07, 6.45) is 0. The molecule has 8 heteroatoms. The van der Waals surface area contributed by atoms with E-state index < -0.39 is 10.9 Å². The maximum Gasteiger partial charge on any atom is 0.316 e. The van der Waals surface area contributed by atoms with Gasteiger partial charge >= 0.3 is 5.97 Å². The summed E-state index contributed by atoms with van der Waals surface area (Å²) in [5.41, 5.74) is 0.946. The summed E-state index contributed by atoms with van der Waals surface area (Å²) in [6, 6.07) is 15.1. The summed E-state index contributed by atoms with van der Waals surface area (Å²) < 4.78 is 4.94. The fourth-order valence-electron chi connectivity index (χ4n) is 2.10. The number of rotatable bonds is 8. The van der Waals surface area contributed by atoms with Crippen molar-refractivity contribution < 1.29 is 19.2 Å². The quantitative estimate of drug-likeness (QED) is 0.330. The number of nitrogens with zero attached hydrogens (tertiary/aromatic N) is 1. The van der Waals surface area contributed by atoms with E-state index in [2.05, 4.69) is 5.32 Å². The van der Waals surface area contributed by atoms with Gasteiger partial charge < -0.3 is 10.1 Å². The monoisotopic (exact) mass is 374 g/mol. The second-order valence-corrected chi connectivity index (χ2v) is 6.45. The molecule has 0 heterocycles. The second-order valence-electron chi connectivity index (χ2n) is 5.40. The first-order valence-corrected chi connectivity index (χ1v) is 8.81. The zero-order valence-electron chi connectivity index (χ0n) is 14.1. The van der Waals surface area contributed by atoms with Gasteiger partial charge in [-0.05, 0) is 24.6 Å². The Kier molecular flexibility index (Phi) is 7.16. The first-order valence-electron chi connectivity index (χ1n) is 7.83. The highest BCUT2D eigenvalue weighted by atomic mass is 32.2. The number of nitro benzene ring substituents is 1. The maximum absolute atomic E-state index is 11.8. The lowest BCUT2D eigenvalue weighted by molar-refractivity contribution is -0.384. The fourth-order valence-corrected chi connectivity index (χ4v) is 2.80. The van der Waals surface area contributed by atoms with Crippen LogP contribution in [0.1, 0.15) is 18.5 Å². The number of amides is 1. The number of non-ortho nitro benzene ring substituents is 1. The number of hydrogen-bond donors (Lipinski definition) is 1. The maximum atomic E-state index is 11.8. The lowest BCUT2D eigenvalue weighted by Gasteiger charge is -2.14. The average Bonchev–Trinajstić information content (AvgIpc) is 2.65. The van der Waals surface area contributed by atoms with Crippen molar-refractivity contribution in [2.45, 2.75) is 17.9 Å². The van der Waals surface area contributed by atoms with E-state index in [1.165, 1.54) is 23.9 Å². The minimum absolute atomic E-state index is 0.0128. The van der Waals surface area contributed by atoms with E-state index >= 15 is 0 Å². The van der Waals surface area contributed by atoms with Crippen LogP contribution in [0.3, 0.4) is 0 Å². The predicted molar refractivity (Wildman–Crippen MR) is 97.8 cm³/mol. The average molecular weight is 374 g/mol. The van der Waals surface area contributed by atoms with Crippen molar-refractivity contribution in [2.75, 3.05) is 12.4 Å². The van der Waals surface area contributed by atoms with E-state index in [-0.39, 0.29) is 30.0 Å². The Balaban J connectivity index is 1.71. The summed E-state index contributed by atoms with van der Waals surface area (Å²) in [5, 5.41) is 13.3. The van der Waals surface area contributed by atoms with Crippen molar-refractivity contribution in [1.29, 1.82) is 0 Å². The van der Waals surface area contributed by atoms with Crippen LogP contribution < -0.4 is 5.32 Å². The molecule has 1 amide bonds. The molecule has 0 aliphatic heterocycles. The van der Waals surface area contributed by atoms with Gasteiger partial charge in [-0.2, -0.15) is 0 Å². The molecule has 2 aromatic carbocycles. The number of hydrogen-bond acceptors (Lipinski definition) is 6. The molecule has 1 atom stereocenters. The Hall–Kier alpha value is -2.87. The third-order valence-corrected chi connectivity index (χ3v) is 4.43. The number of benzene rings is 2. The second kappa shape index (κ2) is 9.57. The zero-order valence-corrected chi connectivity index (χ0v) is 14.9. The number of carbonyl (C=O) groups excluding carboxylic acids is 2. The summed E-state index contributed by atoms with van der Waals surface area (Å²) in [4.78, 5) is 34.4. The summed E-state index contributed by atoms with van der Waals surface area (Å²) in [7, 11) is 0. The van der Waals surface area contributed by atoms with Gasteiger partial charge in [-0.1, -0.05) is 30.3 Å². The molecule has 0 aliphatic rings. The number of nitro groups is 1. The minimum Gasteiger partial charge on any atom is -0.455 e. The zero-order chi connectivity index (χ0) is 18.9. The van der Waals surface area contributed by atoms with Crippen LogP contribution in [0.25, 0.3) is 0 Å². The lowest BCUT2D eigenvalue weighted by atomic mass is 10.1. The largest absolute Gasteiger partial charge is 0.455 e. The summed E-state index contributed by atoms with van der Waals surface area (Å²) in [5.74, 6) is -0.898. The van der Waals surface area contributed by atoms with Gasteiger partial charge in [0.2, 0.25) is 0 Å². The Morgan fingerprint density at radius 2 is 1.81 bits per heavy atom. The third-order valence-electron chi connectivity index (χ3n) is 3.45. The summed E-state index contributed by atoms with van der Waals surface area (Å²) in [6.45, 7) is 1.50. The van der Waals surface area contributed by atoms with Gasteiger partial charge in [0, 0.05) is 17.0 Å². The highest BCUT2D eigenvalue weighted by molar-refractivity contribution is 8.00. The van der Waals surface area contributed by atoms with Gasteiger partial charge in [-0.25, -0.2) is 0 Å². The van der Waals surface area contributed by atoms with E-state index in [0.29, 0.717) is 4.90 Å². The van der Waals surface area contributed by atoms with Gasteiger partial charge in [0.05, 0.1) is 16.7 Å². The van der Waals surface area contributed by atoms with Crippen molar-refractivity contribution >= 4 is 29.3 Å². The fraction of sp³-hybridized carbons (Fsp3) is 0.222. The molecule has 0 radical (unpaired) electrons. The van der Waals surface area contributed by atoms with Gasteiger partial charge in [0.1, 0.15) is 0 Å². The van der Waals surface area contributed by atoms with Crippen molar-refractivity contribution in [2.24, 2.45) is 0 Å². The molecule has 0 unspecified atom stereocenters. The molecule has 0 bridgehead atoms. The number of carbonyl (C=O) groups is 2. The van der Waals surface area contributed by atoms with Gasteiger partial charge in [0.25, 0.3) is 11.6 Å². The molecule has 0 saturated carbocycles. The van der Waals surface area contributed by atoms with Crippen LogP contribution in [0.5, 0.6) is 0 Å². The predicted octanol–water partition coefficient (Wildman–Crippen LogP) is 3.11. The van der Waals surface area contributed by atoms with Crippen LogP contribution >= 0.6 is 11.8 Å². The highest BCUT2D eigenvalue weighted by Crippen LogP contribution is 2.21. The van der Waals surface area contributed by atoms with Crippen LogP contribution in [0.4, 0.5) is 5.69 Å². The van der Waals surface area contributed by atoms with Crippen LogP contribution in [-0.2, 0) is 14.3 Å². The van der Waals surface area contributed by atoms with E-state index in [4.69, 9.17) is 4.74 Å². The Morgan fingerprint density at radius 3 is 2.42 bits per heavy atom. The lowest BCUT2D eigenvalue weighted by Crippen LogP contribution is -2.31. The molecule has 26 heavy (non-hydrogen) atoms. The van der Waals surface area contributed by atoms with Crippen molar-refractivity contribution in [3.63, 3.8) is 0 Å². The molecule has 2 aromatic rings. The van der Waals surface area contributed by atoms with E-state index in [1.54, 1.807) is 12.1 Å². The standard InChI is InChI=1S/C18H18N2O5S/c1-13(14-5-3-2-4-6-14)19-17(21)11-25-18(22)12-26-16-9-7-15(8-10-16)20(23)24/h2-10,13H,11-12H2,1H3,(H,19,21)/t13-/m0/s1. The Bertz CT molecular complexity index is 765. The van der Waals surface area contributed by atoms with Crippen molar-refractivity contribution in [3.05, 3.63) is 70.3 Å². The van der Waals surface area contributed by atoms with Gasteiger partial charge in [-0.15, -0.1) is 11.8 Å². The van der Waals surface area contributed by atoms with Crippen LogP contribution in [0, 0.1) is 10.1 Å². The number of ether oxygens (including phenoxy) is 1. The van der Waals surface area contributed by atoms with E-state index in [0.717, 1.165) is 5.56 Å². The minimum atomic E-state index is -0.532. The Morgan fingerprint density at radius 1 is 1.15 bits per heavy atom. The molecule has 0 aromatic heterocycles. The Labute approximate surface area is 154 Å². The molecule has 0 aliphatic carbocycles. The number of thioether (sulfide) groups is 1. The van der Waals surface area contributed by atoms with Crippen LogP contribution in [0.2, 0.25) is 0 Å². The SMILES string of the molecule is C[C@H](NC(=O)COC(=O)CSc1ccc([N+](=O)[O-])cc1)c1ccccc1. The van der Waals surface area contributed by atoms with Gasteiger partial charge in [0.15, 0.2) is 6.61 Å². The number of esters is 1. The van der Waals surface area contributed by atoms with Crippen LogP contribution in [0.15, 0.2) is 59.5 Å². The first kappa shape index (κ1) is 19.5. The van der Waals surface area contributed by atoms with Crippen molar-refractivity contribution in [1.82, 2.24) is 5.32 Å². The van der Waals surface area contributed by atoms with Gasteiger partial charge in [-0.3, -0.25) is 19.7 Å². The van der Waals surface area contributed by atoms with Crippen LogP contribution in [-0.4, -0.2) is 29.2 Å². The highest BCUT2D eigenvalue weighted by Gasteiger charge is 2.12. The number of nitrogens with one attached hydrogen (secondary N) is 1. The van der Waals surface area contributed by atoms with E-state index in [9.17, 15) is 19.7 Å². The van der Waals surface area contributed by atoms with Crippen molar-refractivity contribution in [3.8, 4) is 0 Å². The third kappa shape index (κ3) is 6.21. The molecule has 0 spiro atoms.